The van der Waals surface area contributed by atoms with Gasteiger partial charge in [-0.05, 0) is 13.3 Å². The lowest BCUT2D eigenvalue weighted by Gasteiger charge is -2.38. The van der Waals surface area contributed by atoms with Crippen LogP contribution in [0, 0.1) is 0 Å². The van der Waals surface area contributed by atoms with Gasteiger partial charge in [0.1, 0.15) is 0 Å². The zero-order valence-corrected chi connectivity index (χ0v) is 13.7. The Morgan fingerprint density at radius 2 is 1.35 bits per heavy atom. The van der Waals surface area contributed by atoms with Crippen molar-refractivity contribution in [3.05, 3.63) is 0 Å². The van der Waals surface area contributed by atoms with E-state index in [9.17, 15) is 48.7 Å². The minimum Gasteiger partial charge on any atom is -0.349 e. The van der Waals surface area contributed by atoms with E-state index in [0.717, 1.165) is 19.8 Å². The highest BCUT2D eigenvalue weighted by molar-refractivity contribution is 5.86. The van der Waals surface area contributed by atoms with E-state index in [1.165, 1.54) is 5.32 Å². The van der Waals surface area contributed by atoms with Gasteiger partial charge in [-0.3, -0.25) is 4.79 Å². The highest BCUT2D eigenvalue weighted by atomic mass is 19.4. The Balaban J connectivity index is 5.63. The van der Waals surface area contributed by atoms with Crippen LogP contribution in [0.2, 0.25) is 0 Å². The first-order valence-electron chi connectivity index (χ1n) is 7.50. The molecule has 0 spiro atoms. The van der Waals surface area contributed by atoms with Crippen LogP contribution in [0.25, 0.3) is 0 Å². The molecule has 0 unspecified atom stereocenters. The molecule has 0 heterocycles. The Labute approximate surface area is 142 Å². The SMILES string of the molecule is CCCCCC[C@H](C)NC(=O)[C@](F)(N(C(F)(F)F)C(F)(F)F)C(F)(F)F. The minimum atomic E-state index is -6.84. The molecule has 0 aromatic heterocycles. The second-order valence-electron chi connectivity index (χ2n) is 5.61. The van der Waals surface area contributed by atoms with Crippen LogP contribution < -0.4 is 5.32 Å². The Morgan fingerprint density at radius 1 is 0.885 bits per heavy atom. The van der Waals surface area contributed by atoms with Crippen LogP contribution in [0.5, 0.6) is 0 Å². The van der Waals surface area contributed by atoms with Gasteiger partial charge in [-0.25, -0.2) is 4.39 Å². The van der Waals surface area contributed by atoms with Crippen LogP contribution in [-0.2, 0) is 4.79 Å². The topological polar surface area (TPSA) is 32.3 Å². The van der Waals surface area contributed by atoms with Gasteiger partial charge >= 0.3 is 24.6 Å². The predicted molar refractivity (Wildman–Crippen MR) is 70.2 cm³/mol. The summed E-state index contributed by atoms with van der Waals surface area (Å²) in [4.78, 5) is 8.12. The summed E-state index contributed by atoms with van der Waals surface area (Å²) in [5.41, 5.74) is 0. The normalized spacial score (nSPS) is 17.1. The van der Waals surface area contributed by atoms with Crippen LogP contribution >= 0.6 is 0 Å². The summed E-state index contributed by atoms with van der Waals surface area (Å²) < 4.78 is 128. The van der Waals surface area contributed by atoms with E-state index in [-0.39, 0.29) is 6.42 Å². The van der Waals surface area contributed by atoms with Crippen LogP contribution in [0.1, 0.15) is 46.0 Å². The van der Waals surface area contributed by atoms with Crippen molar-refractivity contribution in [1.82, 2.24) is 10.2 Å². The molecule has 0 aliphatic carbocycles. The molecule has 156 valence electrons. The van der Waals surface area contributed by atoms with E-state index in [1.807, 2.05) is 6.92 Å². The zero-order chi connectivity index (χ0) is 21.0. The maximum absolute atomic E-state index is 14.1. The molecule has 0 fully saturated rings. The molecule has 0 aliphatic heterocycles. The largest absolute Gasteiger partial charge is 0.470 e. The molecule has 13 heteroatoms. The third-order valence-corrected chi connectivity index (χ3v) is 3.36. The molecule has 0 radical (unpaired) electrons. The minimum absolute atomic E-state index is 0.0439. The van der Waals surface area contributed by atoms with Crippen molar-refractivity contribution in [2.24, 2.45) is 0 Å². The fraction of sp³-hybridized carbons (Fsp3) is 0.923. The van der Waals surface area contributed by atoms with E-state index in [1.54, 1.807) is 0 Å². The monoisotopic (exact) mass is 408 g/mol. The average molecular weight is 408 g/mol. The number of rotatable bonds is 8. The fourth-order valence-electron chi connectivity index (χ4n) is 2.12. The number of nitrogens with one attached hydrogen (secondary N) is 1. The Kier molecular flexibility index (Phi) is 8.19. The smallest absolute Gasteiger partial charge is 0.349 e. The number of halogens is 10. The van der Waals surface area contributed by atoms with Crippen molar-refractivity contribution >= 4 is 5.91 Å². The van der Waals surface area contributed by atoms with Crippen LogP contribution in [0.4, 0.5) is 43.9 Å². The summed E-state index contributed by atoms with van der Waals surface area (Å²) in [5.74, 6) is -9.44. The Morgan fingerprint density at radius 3 is 1.69 bits per heavy atom. The van der Waals surface area contributed by atoms with E-state index in [2.05, 4.69) is 0 Å². The Bertz CT molecular complexity index is 445. The highest BCUT2D eigenvalue weighted by Gasteiger charge is 2.78. The van der Waals surface area contributed by atoms with Gasteiger partial charge in [0.25, 0.3) is 5.91 Å². The molecule has 0 rings (SSSR count). The summed E-state index contributed by atoms with van der Waals surface area (Å²) in [6, 6.07) is -1.26. The van der Waals surface area contributed by atoms with Crippen molar-refractivity contribution in [3.63, 3.8) is 0 Å². The van der Waals surface area contributed by atoms with Crippen LogP contribution in [-0.4, -0.2) is 41.4 Å². The molecule has 1 N–H and O–H groups in total. The summed E-state index contributed by atoms with van der Waals surface area (Å²) >= 11 is 0. The van der Waals surface area contributed by atoms with E-state index < -0.39 is 41.4 Å². The molecule has 3 nitrogen and oxygen atoms in total. The summed E-state index contributed by atoms with van der Waals surface area (Å²) in [6.45, 7) is 2.89. The molecule has 26 heavy (non-hydrogen) atoms. The second kappa shape index (κ2) is 8.61. The Hall–Kier alpha value is -1.27. The molecule has 0 aromatic carbocycles. The first kappa shape index (κ1) is 24.7. The third kappa shape index (κ3) is 6.16. The number of unbranched alkanes of at least 4 members (excludes halogenated alkanes) is 3. The van der Waals surface area contributed by atoms with Crippen LogP contribution in [0.15, 0.2) is 0 Å². The molecule has 0 aliphatic rings. The van der Waals surface area contributed by atoms with E-state index in [4.69, 9.17) is 0 Å². The second-order valence-corrected chi connectivity index (χ2v) is 5.61. The molecule has 0 bridgehead atoms. The van der Waals surface area contributed by atoms with Gasteiger partial charge in [0, 0.05) is 6.04 Å². The van der Waals surface area contributed by atoms with Gasteiger partial charge in [0.05, 0.1) is 0 Å². The molecular weight excluding hydrogens is 390 g/mol. The van der Waals surface area contributed by atoms with Gasteiger partial charge in [-0.2, -0.15) is 39.5 Å². The predicted octanol–water partition coefficient (Wildman–Crippen LogP) is 5.03. The lowest BCUT2D eigenvalue weighted by Crippen LogP contribution is -2.71. The molecular formula is C13H18F10N2O. The summed E-state index contributed by atoms with van der Waals surface area (Å²) in [5, 5.41) is 1.25. The van der Waals surface area contributed by atoms with Gasteiger partial charge < -0.3 is 5.32 Å². The maximum Gasteiger partial charge on any atom is 0.470 e. The van der Waals surface area contributed by atoms with Gasteiger partial charge in [-0.15, -0.1) is 0 Å². The first-order chi connectivity index (χ1) is 11.5. The average Bonchev–Trinajstić information content (AvgIpc) is 2.38. The van der Waals surface area contributed by atoms with E-state index >= 15 is 0 Å². The lowest BCUT2D eigenvalue weighted by molar-refractivity contribution is -0.444. The molecule has 0 aromatic rings. The molecule has 0 saturated carbocycles. The molecule has 1 amide bonds. The summed E-state index contributed by atoms with van der Waals surface area (Å²) in [6.07, 6.45) is -18.1. The quantitative estimate of drug-likeness (QED) is 0.347. The summed E-state index contributed by atoms with van der Waals surface area (Å²) in [7, 11) is 0. The third-order valence-electron chi connectivity index (χ3n) is 3.36. The van der Waals surface area contributed by atoms with Gasteiger partial charge in [0.2, 0.25) is 0 Å². The number of hydrogen-bond acceptors (Lipinski definition) is 2. The van der Waals surface area contributed by atoms with E-state index in [0.29, 0.717) is 12.8 Å². The van der Waals surface area contributed by atoms with Crippen LogP contribution in [0.3, 0.4) is 0 Å². The highest BCUT2D eigenvalue weighted by Crippen LogP contribution is 2.48. The number of carbonyl (C=O) groups is 1. The number of amides is 1. The molecule has 0 saturated heterocycles. The van der Waals surface area contributed by atoms with Crippen molar-refractivity contribution in [1.29, 1.82) is 0 Å². The first-order valence-corrected chi connectivity index (χ1v) is 7.50. The maximum atomic E-state index is 14.1. The standard InChI is InChI=1S/C13H18F10N2O/c1-3-4-5-6-7-8(2)24-9(26)10(14,11(15,16)17)25(12(18,19)20)13(21,22)23/h8H,3-7H2,1-2H3,(H,24,26)/t8-,10-/m0/s1. The zero-order valence-electron chi connectivity index (χ0n) is 13.7. The molecule has 2 atom stereocenters. The van der Waals surface area contributed by atoms with Gasteiger partial charge in [0.15, 0.2) is 0 Å². The number of nitrogens with zero attached hydrogens (tertiary/aromatic N) is 1. The van der Waals surface area contributed by atoms with Crippen molar-refractivity contribution in [3.8, 4) is 0 Å². The number of alkyl halides is 10. The fourth-order valence-corrected chi connectivity index (χ4v) is 2.12. The number of hydrogen-bond donors (Lipinski definition) is 1. The lowest BCUT2D eigenvalue weighted by atomic mass is 10.1. The van der Waals surface area contributed by atoms with Crippen molar-refractivity contribution in [2.45, 2.75) is 76.6 Å². The number of carbonyl (C=O) groups excluding carboxylic acids is 1. The van der Waals surface area contributed by atoms with Crippen molar-refractivity contribution < 1.29 is 48.7 Å². The van der Waals surface area contributed by atoms with Gasteiger partial charge in [-0.1, -0.05) is 37.5 Å². The van der Waals surface area contributed by atoms with Crippen molar-refractivity contribution in [2.75, 3.05) is 0 Å².